The molecule has 0 saturated carbocycles. The fourth-order valence-corrected chi connectivity index (χ4v) is 6.13. The SMILES string of the molecule is O=C(O)CC(NC(=O)NC(CSCCCc1ccccc1)CSc1ccccc1)c1ccc2c(c1)OCO2. The van der Waals surface area contributed by atoms with E-state index >= 15 is 0 Å². The summed E-state index contributed by atoms with van der Waals surface area (Å²) in [7, 11) is 0. The molecule has 1 aliphatic heterocycles. The summed E-state index contributed by atoms with van der Waals surface area (Å²) in [5, 5.41) is 15.4. The molecule has 7 nitrogen and oxygen atoms in total. The molecular formula is C29H32N2O5S2. The minimum Gasteiger partial charge on any atom is -0.481 e. The standard InChI is InChI=1S/C29H32N2O5S2/c32-28(33)17-25(22-13-14-26-27(16-22)36-20-35-26)31-29(34)30-23(19-38-24-11-5-2-6-12-24)18-37-15-7-10-21-8-3-1-4-9-21/h1-6,8-9,11-14,16,23,25H,7,10,15,17-20H2,(H,32,33)(H2,30,31,34). The Bertz CT molecular complexity index is 1180. The van der Waals surface area contributed by atoms with Crippen molar-refractivity contribution in [3.63, 3.8) is 0 Å². The minimum atomic E-state index is -1.00. The lowest BCUT2D eigenvalue weighted by Gasteiger charge is -2.22. The number of carbonyl (C=O) groups excluding carboxylic acids is 1. The van der Waals surface area contributed by atoms with Crippen LogP contribution in [0.5, 0.6) is 11.5 Å². The fraction of sp³-hybridized carbons (Fsp3) is 0.310. The third-order valence-electron chi connectivity index (χ3n) is 5.93. The van der Waals surface area contributed by atoms with Crippen molar-refractivity contribution in [3.05, 3.63) is 90.0 Å². The Labute approximate surface area is 231 Å². The van der Waals surface area contributed by atoms with E-state index in [2.05, 4.69) is 47.0 Å². The third-order valence-corrected chi connectivity index (χ3v) is 8.32. The number of amides is 2. The molecule has 38 heavy (non-hydrogen) atoms. The first kappa shape index (κ1) is 27.7. The van der Waals surface area contributed by atoms with E-state index in [0.29, 0.717) is 22.8 Å². The van der Waals surface area contributed by atoms with Crippen LogP contribution in [0.15, 0.2) is 83.8 Å². The molecule has 0 aromatic heterocycles. The Kier molecular flexibility index (Phi) is 10.6. The van der Waals surface area contributed by atoms with Gasteiger partial charge in [-0.1, -0.05) is 54.6 Å². The molecule has 1 aliphatic rings. The van der Waals surface area contributed by atoms with Crippen LogP contribution in [0.4, 0.5) is 4.79 Å². The minimum absolute atomic E-state index is 0.0934. The molecule has 3 N–H and O–H groups in total. The molecule has 200 valence electrons. The third kappa shape index (κ3) is 8.92. The van der Waals surface area contributed by atoms with Crippen molar-refractivity contribution in [1.29, 1.82) is 0 Å². The predicted molar refractivity (Wildman–Crippen MR) is 152 cm³/mol. The van der Waals surface area contributed by atoms with E-state index in [1.807, 2.05) is 36.0 Å². The summed E-state index contributed by atoms with van der Waals surface area (Å²) >= 11 is 3.51. The van der Waals surface area contributed by atoms with Crippen molar-refractivity contribution in [3.8, 4) is 11.5 Å². The second kappa shape index (κ2) is 14.6. The fourth-order valence-electron chi connectivity index (χ4n) is 4.04. The molecule has 4 rings (SSSR count). The molecule has 0 spiro atoms. The molecular weight excluding hydrogens is 520 g/mol. The number of carbonyl (C=O) groups is 2. The smallest absolute Gasteiger partial charge is 0.315 e. The van der Waals surface area contributed by atoms with Crippen LogP contribution in [-0.2, 0) is 11.2 Å². The molecule has 9 heteroatoms. The summed E-state index contributed by atoms with van der Waals surface area (Å²) in [5.41, 5.74) is 1.98. The number of hydrogen-bond donors (Lipinski definition) is 3. The zero-order valence-corrected chi connectivity index (χ0v) is 22.6. The van der Waals surface area contributed by atoms with Crippen molar-refractivity contribution in [2.75, 3.05) is 24.1 Å². The van der Waals surface area contributed by atoms with Gasteiger partial charge >= 0.3 is 12.0 Å². The number of ether oxygens (including phenoxy) is 2. The average molecular weight is 553 g/mol. The summed E-state index contributed by atoms with van der Waals surface area (Å²) in [5.74, 6) is 2.60. The Morgan fingerprint density at radius 1 is 0.895 bits per heavy atom. The first-order valence-corrected chi connectivity index (χ1v) is 14.7. The quantitative estimate of drug-likeness (QED) is 0.173. The molecule has 2 atom stereocenters. The van der Waals surface area contributed by atoms with Gasteiger partial charge in [-0.25, -0.2) is 4.79 Å². The maximum absolute atomic E-state index is 13.0. The van der Waals surface area contributed by atoms with Crippen molar-refractivity contribution in [2.24, 2.45) is 0 Å². The van der Waals surface area contributed by atoms with Gasteiger partial charge in [0.25, 0.3) is 0 Å². The summed E-state index contributed by atoms with van der Waals surface area (Å²) in [6.45, 7) is 0.125. The number of urea groups is 1. The lowest BCUT2D eigenvalue weighted by atomic mass is 10.0. The van der Waals surface area contributed by atoms with E-state index in [1.54, 1.807) is 30.0 Å². The number of nitrogens with one attached hydrogen (secondary N) is 2. The van der Waals surface area contributed by atoms with E-state index in [-0.39, 0.29) is 19.3 Å². The maximum atomic E-state index is 13.0. The van der Waals surface area contributed by atoms with Crippen LogP contribution in [-0.4, -0.2) is 47.2 Å². The number of thioether (sulfide) groups is 2. The summed E-state index contributed by atoms with van der Waals surface area (Å²) in [6, 6.07) is 24.5. The number of rotatable bonds is 14. The van der Waals surface area contributed by atoms with Crippen molar-refractivity contribution >= 4 is 35.5 Å². The highest BCUT2D eigenvalue weighted by molar-refractivity contribution is 8.00. The van der Waals surface area contributed by atoms with E-state index in [9.17, 15) is 14.7 Å². The first-order valence-electron chi connectivity index (χ1n) is 12.5. The molecule has 0 saturated heterocycles. The van der Waals surface area contributed by atoms with Crippen LogP contribution < -0.4 is 20.1 Å². The largest absolute Gasteiger partial charge is 0.481 e. The zero-order chi connectivity index (χ0) is 26.6. The number of fused-ring (bicyclic) bond motifs is 1. The van der Waals surface area contributed by atoms with Gasteiger partial charge in [-0.3, -0.25) is 4.79 Å². The Balaban J connectivity index is 1.34. The molecule has 1 heterocycles. The zero-order valence-electron chi connectivity index (χ0n) is 21.0. The van der Waals surface area contributed by atoms with Gasteiger partial charge in [-0.2, -0.15) is 11.8 Å². The number of hydrogen-bond acceptors (Lipinski definition) is 6. The number of benzene rings is 3. The van der Waals surface area contributed by atoms with Crippen molar-refractivity contribution in [1.82, 2.24) is 10.6 Å². The maximum Gasteiger partial charge on any atom is 0.315 e. The van der Waals surface area contributed by atoms with Gasteiger partial charge in [0.1, 0.15) is 0 Å². The summed E-state index contributed by atoms with van der Waals surface area (Å²) in [4.78, 5) is 25.7. The predicted octanol–water partition coefficient (Wildman–Crippen LogP) is 5.76. The molecule has 3 aromatic rings. The molecule has 0 bridgehead atoms. The van der Waals surface area contributed by atoms with Gasteiger partial charge < -0.3 is 25.2 Å². The monoisotopic (exact) mass is 552 g/mol. The molecule has 0 aliphatic carbocycles. The van der Waals surface area contributed by atoms with Gasteiger partial charge in [0, 0.05) is 22.4 Å². The lowest BCUT2D eigenvalue weighted by molar-refractivity contribution is -0.137. The van der Waals surface area contributed by atoms with E-state index in [4.69, 9.17) is 9.47 Å². The lowest BCUT2D eigenvalue weighted by Crippen LogP contribution is -2.46. The van der Waals surface area contributed by atoms with E-state index in [0.717, 1.165) is 29.2 Å². The highest BCUT2D eigenvalue weighted by atomic mass is 32.2. The number of aliphatic carboxylic acids is 1. The number of aryl methyl sites for hydroxylation is 1. The topological polar surface area (TPSA) is 96.9 Å². The van der Waals surface area contributed by atoms with Gasteiger partial charge in [0.05, 0.1) is 12.5 Å². The molecule has 2 unspecified atom stereocenters. The highest BCUT2D eigenvalue weighted by Gasteiger charge is 2.23. The van der Waals surface area contributed by atoms with Gasteiger partial charge in [0.2, 0.25) is 6.79 Å². The Morgan fingerprint density at radius 3 is 2.39 bits per heavy atom. The molecule has 3 aromatic carbocycles. The van der Waals surface area contributed by atoms with Crippen LogP contribution in [0.2, 0.25) is 0 Å². The second-order valence-corrected chi connectivity index (χ2v) is 11.1. The van der Waals surface area contributed by atoms with Crippen LogP contribution in [0.1, 0.15) is 30.0 Å². The van der Waals surface area contributed by atoms with Gasteiger partial charge in [0.15, 0.2) is 11.5 Å². The first-order chi connectivity index (χ1) is 18.6. The van der Waals surface area contributed by atoms with Crippen molar-refractivity contribution in [2.45, 2.75) is 36.2 Å². The second-order valence-electron chi connectivity index (χ2n) is 8.87. The van der Waals surface area contributed by atoms with Crippen LogP contribution >= 0.6 is 23.5 Å². The summed E-state index contributed by atoms with van der Waals surface area (Å²) in [6.07, 6.45) is 1.84. The highest BCUT2D eigenvalue weighted by Crippen LogP contribution is 2.34. The van der Waals surface area contributed by atoms with Crippen LogP contribution in [0.25, 0.3) is 0 Å². The average Bonchev–Trinajstić information content (AvgIpc) is 3.40. The van der Waals surface area contributed by atoms with E-state index in [1.165, 1.54) is 5.56 Å². The number of carboxylic acids is 1. The van der Waals surface area contributed by atoms with Crippen LogP contribution in [0, 0.1) is 0 Å². The van der Waals surface area contributed by atoms with Crippen molar-refractivity contribution < 1.29 is 24.2 Å². The van der Waals surface area contributed by atoms with Gasteiger partial charge in [-0.05, 0) is 54.0 Å². The van der Waals surface area contributed by atoms with Crippen LogP contribution in [0.3, 0.4) is 0 Å². The van der Waals surface area contributed by atoms with Gasteiger partial charge in [-0.15, -0.1) is 11.8 Å². The Morgan fingerprint density at radius 2 is 1.63 bits per heavy atom. The summed E-state index contributed by atoms with van der Waals surface area (Å²) < 4.78 is 10.8. The number of carboxylic acid groups (broad SMARTS) is 1. The van der Waals surface area contributed by atoms with E-state index < -0.39 is 18.0 Å². The molecule has 2 amide bonds. The normalized spacial score (nSPS) is 13.5. The molecule has 0 fully saturated rings. The molecule has 0 radical (unpaired) electrons. The Hall–Kier alpha value is -3.30.